The predicted octanol–water partition coefficient (Wildman–Crippen LogP) is 5.25. The molecule has 0 aliphatic rings. The Labute approximate surface area is 163 Å². The van der Waals surface area contributed by atoms with E-state index in [1.165, 1.54) is 11.3 Å². The van der Waals surface area contributed by atoms with Gasteiger partial charge in [-0.15, -0.1) is 11.3 Å². The molecular weight excluding hydrogens is 386 g/mol. The van der Waals surface area contributed by atoms with Crippen LogP contribution in [0.2, 0.25) is 5.02 Å². The van der Waals surface area contributed by atoms with Gasteiger partial charge in [0.15, 0.2) is 11.5 Å². The van der Waals surface area contributed by atoms with Crippen molar-refractivity contribution in [2.24, 2.45) is 0 Å². The van der Waals surface area contributed by atoms with Gasteiger partial charge in [-0.3, -0.25) is 0 Å². The molecule has 4 aromatic rings. The van der Waals surface area contributed by atoms with E-state index in [4.69, 9.17) is 25.5 Å². The molecule has 0 spiro atoms. The van der Waals surface area contributed by atoms with Crippen LogP contribution >= 0.6 is 22.9 Å². The first-order valence-corrected chi connectivity index (χ1v) is 9.26. The quantitative estimate of drug-likeness (QED) is 0.438. The van der Waals surface area contributed by atoms with Crippen LogP contribution in [-0.2, 0) is 0 Å². The molecule has 0 aliphatic heterocycles. The fourth-order valence-electron chi connectivity index (χ4n) is 2.77. The number of methoxy groups -OCH3 is 2. The first kappa shape index (κ1) is 17.6. The molecule has 7 heteroatoms. The smallest absolute Gasteiger partial charge is 0.346 e. The summed E-state index contributed by atoms with van der Waals surface area (Å²) in [6.07, 6.45) is 0. The molecule has 27 heavy (non-hydrogen) atoms. The number of rotatable bonds is 4. The molecule has 0 unspecified atom stereocenters. The van der Waals surface area contributed by atoms with Crippen LogP contribution < -0.4 is 15.1 Å². The van der Waals surface area contributed by atoms with Gasteiger partial charge in [0.1, 0.15) is 10.6 Å². The highest BCUT2D eigenvalue weighted by Crippen LogP contribution is 2.34. The van der Waals surface area contributed by atoms with Crippen LogP contribution in [0, 0.1) is 0 Å². The minimum absolute atomic E-state index is 0.404. The average molecular weight is 400 g/mol. The summed E-state index contributed by atoms with van der Waals surface area (Å²) in [4.78, 5) is 17.0. The topological polar surface area (TPSA) is 61.6 Å². The van der Waals surface area contributed by atoms with Gasteiger partial charge in [0.25, 0.3) is 0 Å². The molecule has 0 saturated carbocycles. The second-order valence-electron chi connectivity index (χ2n) is 5.74. The average Bonchev–Trinajstić information content (AvgIpc) is 3.17. The van der Waals surface area contributed by atoms with Gasteiger partial charge < -0.3 is 13.9 Å². The summed E-state index contributed by atoms with van der Waals surface area (Å²) >= 11 is 7.41. The zero-order valence-corrected chi connectivity index (χ0v) is 16.1. The van der Waals surface area contributed by atoms with Crippen molar-refractivity contribution in [2.45, 2.75) is 0 Å². The summed E-state index contributed by atoms with van der Waals surface area (Å²) in [7, 11) is 3.17. The maximum Gasteiger partial charge on any atom is 0.346 e. The fraction of sp³-hybridized carbons (Fsp3) is 0.100. The van der Waals surface area contributed by atoms with Crippen molar-refractivity contribution in [1.29, 1.82) is 0 Å². The molecule has 4 rings (SSSR count). The van der Waals surface area contributed by atoms with Crippen molar-refractivity contribution in [3.63, 3.8) is 0 Å². The van der Waals surface area contributed by atoms with Crippen molar-refractivity contribution >= 4 is 33.9 Å². The molecule has 2 aromatic carbocycles. The van der Waals surface area contributed by atoms with E-state index in [0.29, 0.717) is 32.7 Å². The van der Waals surface area contributed by atoms with Crippen molar-refractivity contribution in [3.8, 4) is 33.3 Å². The highest BCUT2D eigenvalue weighted by molar-refractivity contribution is 7.13. The Hall–Kier alpha value is -2.83. The third-order valence-electron chi connectivity index (χ3n) is 4.11. The van der Waals surface area contributed by atoms with Gasteiger partial charge in [0.05, 0.1) is 25.5 Å². The van der Waals surface area contributed by atoms with Gasteiger partial charge >= 0.3 is 5.63 Å². The predicted molar refractivity (Wildman–Crippen MR) is 107 cm³/mol. The number of hydrogen-bond donors (Lipinski definition) is 0. The largest absolute Gasteiger partial charge is 0.493 e. The molecule has 0 fully saturated rings. The van der Waals surface area contributed by atoms with E-state index >= 15 is 0 Å². The number of aromatic nitrogens is 1. The SMILES string of the molecule is COc1ccc(-c2csc(-c3cc4cc(Cl)ccc4oc3=O)n2)cc1OC. The number of nitrogens with zero attached hydrogens (tertiary/aromatic N) is 1. The van der Waals surface area contributed by atoms with Crippen LogP contribution in [-0.4, -0.2) is 19.2 Å². The minimum atomic E-state index is -0.432. The summed E-state index contributed by atoms with van der Waals surface area (Å²) in [5.74, 6) is 1.26. The van der Waals surface area contributed by atoms with Crippen molar-refractivity contribution in [1.82, 2.24) is 4.98 Å². The van der Waals surface area contributed by atoms with Crippen LogP contribution in [0.5, 0.6) is 11.5 Å². The lowest BCUT2D eigenvalue weighted by Crippen LogP contribution is -2.02. The van der Waals surface area contributed by atoms with E-state index in [-0.39, 0.29) is 0 Å². The minimum Gasteiger partial charge on any atom is -0.493 e. The summed E-state index contributed by atoms with van der Waals surface area (Å²) in [6.45, 7) is 0. The van der Waals surface area contributed by atoms with Crippen molar-refractivity contribution < 1.29 is 13.9 Å². The Morgan fingerprint density at radius 3 is 2.63 bits per heavy atom. The summed E-state index contributed by atoms with van der Waals surface area (Å²) < 4.78 is 16.0. The zero-order valence-electron chi connectivity index (χ0n) is 14.5. The molecule has 0 amide bonds. The Morgan fingerprint density at radius 2 is 1.85 bits per heavy atom. The lowest BCUT2D eigenvalue weighted by atomic mass is 10.1. The number of benzene rings is 2. The molecule has 5 nitrogen and oxygen atoms in total. The molecule has 0 bridgehead atoms. The molecule has 0 atom stereocenters. The molecule has 136 valence electrons. The Morgan fingerprint density at radius 1 is 1.04 bits per heavy atom. The van der Waals surface area contributed by atoms with Crippen LogP contribution in [0.3, 0.4) is 0 Å². The van der Waals surface area contributed by atoms with Crippen LogP contribution in [0.25, 0.3) is 32.8 Å². The monoisotopic (exact) mass is 399 g/mol. The molecule has 2 aromatic heterocycles. The second kappa shape index (κ2) is 7.06. The van der Waals surface area contributed by atoms with E-state index in [0.717, 1.165) is 16.6 Å². The molecule has 0 saturated heterocycles. The van der Waals surface area contributed by atoms with Gasteiger partial charge in [-0.1, -0.05) is 11.6 Å². The first-order valence-electron chi connectivity index (χ1n) is 8.01. The molecule has 0 radical (unpaired) electrons. The standard InChI is InChI=1S/C20H14ClNO4S/c1-24-17-5-3-11(9-18(17)25-2)15-10-27-19(22-15)14-8-12-7-13(21)4-6-16(12)26-20(14)23/h3-10H,1-2H3. The maximum absolute atomic E-state index is 12.4. The lowest BCUT2D eigenvalue weighted by molar-refractivity contribution is 0.355. The zero-order chi connectivity index (χ0) is 19.0. The van der Waals surface area contributed by atoms with E-state index in [9.17, 15) is 4.79 Å². The van der Waals surface area contributed by atoms with E-state index in [2.05, 4.69) is 4.98 Å². The van der Waals surface area contributed by atoms with Gasteiger partial charge in [0, 0.05) is 21.4 Å². The van der Waals surface area contributed by atoms with Crippen molar-refractivity contribution in [3.05, 3.63) is 63.3 Å². The van der Waals surface area contributed by atoms with E-state index in [1.807, 2.05) is 23.6 Å². The Kier molecular flexibility index (Phi) is 4.59. The number of fused-ring (bicyclic) bond motifs is 1. The van der Waals surface area contributed by atoms with Crippen LogP contribution in [0.1, 0.15) is 0 Å². The van der Waals surface area contributed by atoms with Gasteiger partial charge in [-0.05, 0) is 42.5 Å². The molecule has 0 aliphatic carbocycles. The van der Waals surface area contributed by atoms with Crippen LogP contribution in [0.15, 0.2) is 57.1 Å². The number of ether oxygens (including phenoxy) is 2. The molecule has 0 N–H and O–H groups in total. The van der Waals surface area contributed by atoms with Crippen molar-refractivity contribution in [2.75, 3.05) is 14.2 Å². The van der Waals surface area contributed by atoms with Gasteiger partial charge in [-0.2, -0.15) is 0 Å². The maximum atomic E-state index is 12.4. The summed E-state index contributed by atoms with van der Waals surface area (Å²) in [5, 5.41) is 3.79. The van der Waals surface area contributed by atoms with E-state index in [1.54, 1.807) is 38.5 Å². The van der Waals surface area contributed by atoms with E-state index < -0.39 is 5.63 Å². The molecule has 2 heterocycles. The molecular formula is C20H14ClNO4S. The lowest BCUT2D eigenvalue weighted by Gasteiger charge is -2.08. The Balaban J connectivity index is 1.78. The third kappa shape index (κ3) is 3.29. The number of halogens is 1. The van der Waals surface area contributed by atoms with Gasteiger partial charge in [-0.25, -0.2) is 9.78 Å². The summed E-state index contributed by atoms with van der Waals surface area (Å²) in [6, 6.07) is 12.4. The first-order chi connectivity index (χ1) is 13.1. The highest BCUT2D eigenvalue weighted by atomic mass is 35.5. The van der Waals surface area contributed by atoms with Crippen LogP contribution in [0.4, 0.5) is 0 Å². The normalized spacial score (nSPS) is 10.9. The summed E-state index contributed by atoms with van der Waals surface area (Å²) in [5.41, 5.74) is 2.06. The number of thiazole rings is 1. The van der Waals surface area contributed by atoms with Gasteiger partial charge in [0.2, 0.25) is 0 Å². The second-order valence-corrected chi connectivity index (χ2v) is 7.03. The Bertz CT molecular complexity index is 1200. The third-order valence-corrected chi connectivity index (χ3v) is 5.22. The number of hydrogen-bond acceptors (Lipinski definition) is 6. The highest BCUT2D eigenvalue weighted by Gasteiger charge is 2.14. The fourth-order valence-corrected chi connectivity index (χ4v) is 3.78.